The molecule has 0 aromatic rings. The van der Waals surface area contributed by atoms with Gasteiger partial charge in [0.1, 0.15) is 13.2 Å². The summed E-state index contributed by atoms with van der Waals surface area (Å²) in [7, 11) is 2.03. The van der Waals surface area contributed by atoms with E-state index in [0.717, 1.165) is 0 Å². The number of hydrogen-bond donors (Lipinski definition) is 1. The van der Waals surface area contributed by atoms with E-state index in [1.165, 1.54) is 0 Å². The van der Waals surface area contributed by atoms with E-state index < -0.39 is 0 Å². The van der Waals surface area contributed by atoms with Gasteiger partial charge in [-0.2, -0.15) is 0 Å². The average Bonchev–Trinajstić information content (AvgIpc) is 2.18. The van der Waals surface area contributed by atoms with Crippen LogP contribution in [0.2, 0.25) is 0 Å². The third-order valence-electron chi connectivity index (χ3n) is 1.21. The lowest BCUT2D eigenvalue weighted by molar-refractivity contribution is -0.121. The molecule has 1 atom stereocenters. The fraction of sp³-hybridized carbons (Fsp3) is 0.778. The van der Waals surface area contributed by atoms with Crippen molar-refractivity contribution in [3.63, 3.8) is 0 Å². The number of Topliss-reactive ketones (excluding diaryl/α,β-unsaturated/α-hetero) is 2. The highest BCUT2D eigenvalue weighted by atomic mass is 31.0. The topological polar surface area (TPSA) is 63.6 Å². The highest BCUT2D eigenvalue weighted by Crippen LogP contribution is 1.87. The summed E-state index contributed by atoms with van der Waals surface area (Å²) in [5.41, 5.74) is 0. The molecule has 0 aliphatic heterocycles. The highest BCUT2D eigenvalue weighted by molar-refractivity contribution is 7.09. The lowest BCUT2D eigenvalue weighted by atomic mass is 10.3. The maximum Gasteiger partial charge on any atom is 0.158 e. The van der Waals surface area contributed by atoms with Crippen molar-refractivity contribution >= 4 is 21.0 Å². The first kappa shape index (κ1) is 19.3. The van der Waals surface area contributed by atoms with Crippen LogP contribution in [0.4, 0.5) is 0 Å². The number of carbonyl (C=O) groups is 2. The fourth-order valence-corrected chi connectivity index (χ4v) is 0.493. The fourth-order valence-electron chi connectivity index (χ4n) is 0.307. The summed E-state index contributed by atoms with van der Waals surface area (Å²) < 4.78 is 4.46. The van der Waals surface area contributed by atoms with Crippen molar-refractivity contribution in [2.24, 2.45) is 0 Å². The molecule has 0 radical (unpaired) electrons. The Hall–Kier alpha value is -0.310. The van der Waals surface area contributed by atoms with Gasteiger partial charge in [-0.25, -0.2) is 0 Å². The Morgan fingerprint density at radius 2 is 1.64 bits per heavy atom. The number of aliphatic hydroxyl groups is 1. The molecule has 0 fully saturated rings. The minimum Gasteiger partial charge on any atom is -0.389 e. The van der Waals surface area contributed by atoms with Gasteiger partial charge in [-0.1, -0.05) is 21.3 Å². The molecule has 0 heterocycles. The Morgan fingerprint density at radius 1 is 1.21 bits per heavy atom. The molecule has 0 saturated heterocycles. The third-order valence-corrected chi connectivity index (χ3v) is 1.38. The third kappa shape index (κ3) is 17.7. The van der Waals surface area contributed by atoms with Crippen LogP contribution in [0.15, 0.2) is 0 Å². The van der Waals surface area contributed by atoms with Crippen LogP contribution in [-0.2, 0) is 14.1 Å². The van der Waals surface area contributed by atoms with Crippen molar-refractivity contribution in [1.82, 2.24) is 0 Å². The van der Waals surface area contributed by atoms with E-state index in [4.69, 9.17) is 5.11 Å². The van der Waals surface area contributed by atoms with Gasteiger partial charge < -0.3 is 9.63 Å². The molecule has 1 N–H and O–H groups in total. The molecule has 0 aromatic heterocycles. The van der Waals surface area contributed by atoms with Crippen LogP contribution in [0.25, 0.3) is 0 Å². The standard InChI is InChI=1S/C4H9O2P.C4H8O2.CH4/c1-2-4(5)3-6-7;1-2-4(6)3-5;/h2-3,7H2,1H3;5H,2-3H2,1H3;1H4. The smallest absolute Gasteiger partial charge is 0.158 e. The van der Waals surface area contributed by atoms with E-state index in [1.54, 1.807) is 6.92 Å². The van der Waals surface area contributed by atoms with Crippen molar-refractivity contribution in [2.45, 2.75) is 34.1 Å². The first-order valence-electron chi connectivity index (χ1n) is 4.08. The zero-order valence-electron chi connectivity index (χ0n) is 8.08. The molecule has 0 bridgehead atoms. The van der Waals surface area contributed by atoms with Gasteiger partial charge in [0, 0.05) is 22.3 Å². The first-order valence-corrected chi connectivity index (χ1v) is 4.55. The second-order valence-electron chi connectivity index (χ2n) is 2.25. The Morgan fingerprint density at radius 3 is 1.71 bits per heavy atom. The summed E-state index contributed by atoms with van der Waals surface area (Å²) in [5, 5.41) is 7.99. The minimum atomic E-state index is -0.309. The largest absolute Gasteiger partial charge is 0.389 e. The highest BCUT2D eigenvalue weighted by Gasteiger charge is 1.92. The van der Waals surface area contributed by atoms with E-state index in [2.05, 4.69) is 4.52 Å². The summed E-state index contributed by atoms with van der Waals surface area (Å²) in [5.74, 6) is 0.0324. The van der Waals surface area contributed by atoms with Gasteiger partial charge in [0.2, 0.25) is 0 Å². The first-order chi connectivity index (χ1) is 6.12. The molecule has 0 spiro atoms. The predicted molar refractivity (Wildman–Crippen MR) is 60.1 cm³/mol. The van der Waals surface area contributed by atoms with E-state index in [0.29, 0.717) is 12.8 Å². The Kier molecular flexibility index (Phi) is 20.9. The summed E-state index contributed by atoms with van der Waals surface area (Å²) in [6, 6.07) is 0. The van der Waals surface area contributed by atoms with Crippen LogP contribution in [0.3, 0.4) is 0 Å². The van der Waals surface area contributed by atoms with Crippen LogP contribution in [0.5, 0.6) is 0 Å². The molecule has 0 aliphatic carbocycles. The Labute approximate surface area is 88.3 Å². The molecular weight excluding hydrogens is 203 g/mol. The number of aliphatic hydroxyl groups excluding tert-OH is 1. The van der Waals surface area contributed by atoms with Gasteiger partial charge >= 0.3 is 0 Å². The van der Waals surface area contributed by atoms with Gasteiger partial charge in [-0.3, -0.25) is 9.59 Å². The van der Waals surface area contributed by atoms with E-state index >= 15 is 0 Å². The maximum absolute atomic E-state index is 10.3. The van der Waals surface area contributed by atoms with Gasteiger partial charge in [-0.05, 0) is 0 Å². The summed E-state index contributed by atoms with van der Waals surface area (Å²) in [6.45, 7) is 3.45. The number of carbonyl (C=O) groups excluding carboxylic acids is 2. The van der Waals surface area contributed by atoms with E-state index in [-0.39, 0.29) is 32.2 Å². The second kappa shape index (κ2) is 15.2. The summed E-state index contributed by atoms with van der Waals surface area (Å²) in [6.07, 6.45) is 1.00. The minimum absolute atomic E-state index is 0. The molecule has 0 saturated carbocycles. The monoisotopic (exact) mass is 224 g/mol. The normalized spacial score (nSPS) is 8.00. The van der Waals surface area contributed by atoms with Crippen molar-refractivity contribution in [2.75, 3.05) is 13.2 Å². The second-order valence-corrected chi connectivity index (χ2v) is 2.59. The van der Waals surface area contributed by atoms with Crippen molar-refractivity contribution in [3.8, 4) is 0 Å². The van der Waals surface area contributed by atoms with Crippen LogP contribution in [0.1, 0.15) is 34.1 Å². The summed E-state index contributed by atoms with van der Waals surface area (Å²) >= 11 is 0. The Bertz CT molecular complexity index is 142. The SMILES string of the molecule is C.CCC(=O)CO.CCC(=O)COP. The van der Waals surface area contributed by atoms with Gasteiger partial charge in [0.15, 0.2) is 11.6 Å². The molecule has 5 heteroatoms. The lowest BCUT2D eigenvalue weighted by Crippen LogP contribution is -2.00. The quantitative estimate of drug-likeness (QED) is 0.716. The van der Waals surface area contributed by atoms with E-state index in [1.807, 2.05) is 16.4 Å². The zero-order chi connectivity index (χ0) is 10.7. The Balaban J connectivity index is -0.000000163. The maximum atomic E-state index is 10.3. The lowest BCUT2D eigenvalue weighted by Gasteiger charge is -1.89. The number of hydrogen-bond acceptors (Lipinski definition) is 4. The van der Waals surface area contributed by atoms with E-state index in [9.17, 15) is 9.59 Å². The van der Waals surface area contributed by atoms with Crippen molar-refractivity contribution < 1.29 is 19.2 Å². The van der Waals surface area contributed by atoms with Gasteiger partial charge in [-0.15, -0.1) is 0 Å². The number of ketones is 2. The molecule has 0 amide bonds. The van der Waals surface area contributed by atoms with Crippen LogP contribution < -0.4 is 0 Å². The molecule has 14 heavy (non-hydrogen) atoms. The molecule has 0 rings (SSSR count). The zero-order valence-corrected chi connectivity index (χ0v) is 9.23. The van der Waals surface area contributed by atoms with Gasteiger partial charge in [0.05, 0.1) is 0 Å². The molecule has 0 aromatic carbocycles. The number of rotatable bonds is 5. The van der Waals surface area contributed by atoms with Crippen molar-refractivity contribution in [1.29, 1.82) is 0 Å². The van der Waals surface area contributed by atoms with Gasteiger partial charge in [0.25, 0.3) is 0 Å². The molecule has 86 valence electrons. The predicted octanol–water partition coefficient (Wildman–Crippen LogP) is 1.37. The van der Waals surface area contributed by atoms with Crippen molar-refractivity contribution in [3.05, 3.63) is 0 Å². The molecule has 1 unspecified atom stereocenters. The summed E-state index contributed by atoms with van der Waals surface area (Å²) in [4.78, 5) is 20.2. The van der Waals surface area contributed by atoms with Crippen LogP contribution in [0, 0.1) is 0 Å². The molecular formula is C9H21O4P. The molecule has 0 aliphatic rings. The van der Waals surface area contributed by atoms with Crippen LogP contribution in [-0.4, -0.2) is 29.9 Å². The van der Waals surface area contributed by atoms with Crippen LogP contribution >= 0.6 is 9.47 Å². The average molecular weight is 224 g/mol. The molecule has 4 nitrogen and oxygen atoms in total.